The molecule has 1 aromatic carbocycles. The van der Waals surface area contributed by atoms with Gasteiger partial charge in [0.15, 0.2) is 0 Å². The fourth-order valence-corrected chi connectivity index (χ4v) is 2.03. The summed E-state index contributed by atoms with van der Waals surface area (Å²) in [5, 5.41) is 10.1. The highest BCUT2D eigenvalue weighted by Crippen LogP contribution is 2.16. The van der Waals surface area contributed by atoms with E-state index >= 15 is 0 Å². The summed E-state index contributed by atoms with van der Waals surface area (Å²) < 4.78 is 5.13. The molecule has 0 radical (unpaired) electrons. The third kappa shape index (κ3) is 3.84. The SMILES string of the molecule is Cc1noc(C)c1CNc1ccc(C(=O)NC(C)C)cc1. The van der Waals surface area contributed by atoms with Gasteiger partial charge in [-0.1, -0.05) is 5.16 Å². The maximum absolute atomic E-state index is 11.8. The van der Waals surface area contributed by atoms with Crippen molar-refractivity contribution in [3.8, 4) is 0 Å². The number of benzene rings is 1. The third-order valence-electron chi connectivity index (χ3n) is 3.22. The van der Waals surface area contributed by atoms with Crippen molar-refractivity contribution in [2.24, 2.45) is 0 Å². The zero-order valence-corrected chi connectivity index (χ0v) is 12.9. The molecule has 1 heterocycles. The minimum absolute atomic E-state index is 0.0535. The van der Waals surface area contributed by atoms with Gasteiger partial charge in [-0.25, -0.2) is 0 Å². The highest BCUT2D eigenvalue weighted by Gasteiger charge is 2.09. The minimum atomic E-state index is -0.0535. The summed E-state index contributed by atoms with van der Waals surface area (Å²) in [6, 6.07) is 7.55. The van der Waals surface area contributed by atoms with Gasteiger partial charge in [-0.15, -0.1) is 0 Å². The van der Waals surface area contributed by atoms with E-state index in [2.05, 4.69) is 15.8 Å². The Morgan fingerprint density at radius 3 is 2.43 bits per heavy atom. The van der Waals surface area contributed by atoms with Gasteiger partial charge in [-0.3, -0.25) is 4.79 Å². The number of anilines is 1. The number of rotatable bonds is 5. The Kier molecular flexibility index (Phi) is 4.62. The van der Waals surface area contributed by atoms with Crippen LogP contribution in [0.4, 0.5) is 5.69 Å². The number of aryl methyl sites for hydroxylation is 2. The maximum atomic E-state index is 11.8. The molecule has 0 aliphatic rings. The van der Waals surface area contributed by atoms with Crippen molar-refractivity contribution in [3.63, 3.8) is 0 Å². The number of hydrogen-bond donors (Lipinski definition) is 2. The van der Waals surface area contributed by atoms with Crippen molar-refractivity contribution in [1.29, 1.82) is 0 Å². The average molecular weight is 287 g/mol. The summed E-state index contributed by atoms with van der Waals surface area (Å²) in [5.74, 6) is 0.773. The number of carbonyl (C=O) groups excluding carboxylic acids is 1. The first kappa shape index (κ1) is 15.1. The Labute approximate surface area is 124 Å². The Morgan fingerprint density at radius 2 is 1.90 bits per heavy atom. The van der Waals surface area contributed by atoms with Gasteiger partial charge in [-0.05, 0) is 52.0 Å². The second-order valence-electron chi connectivity index (χ2n) is 5.36. The van der Waals surface area contributed by atoms with Crippen LogP contribution in [-0.2, 0) is 6.54 Å². The number of carbonyl (C=O) groups is 1. The molecule has 1 amide bonds. The quantitative estimate of drug-likeness (QED) is 0.887. The molecule has 0 unspecified atom stereocenters. The number of aromatic nitrogens is 1. The monoisotopic (exact) mass is 287 g/mol. The van der Waals surface area contributed by atoms with Crippen LogP contribution in [0, 0.1) is 13.8 Å². The lowest BCUT2D eigenvalue weighted by Gasteiger charge is -2.10. The van der Waals surface area contributed by atoms with Crippen LogP contribution in [0.2, 0.25) is 0 Å². The molecule has 21 heavy (non-hydrogen) atoms. The molecule has 1 aromatic heterocycles. The van der Waals surface area contributed by atoms with E-state index < -0.39 is 0 Å². The number of nitrogens with zero attached hydrogens (tertiary/aromatic N) is 1. The Morgan fingerprint density at radius 1 is 1.24 bits per heavy atom. The molecule has 2 N–H and O–H groups in total. The number of hydrogen-bond acceptors (Lipinski definition) is 4. The molecule has 0 atom stereocenters. The molecule has 2 aromatic rings. The van der Waals surface area contributed by atoms with Crippen molar-refractivity contribution in [1.82, 2.24) is 10.5 Å². The first-order valence-corrected chi connectivity index (χ1v) is 7.04. The molecular weight excluding hydrogens is 266 g/mol. The summed E-state index contributed by atoms with van der Waals surface area (Å²) in [6.07, 6.45) is 0. The molecule has 0 aliphatic carbocycles. The zero-order valence-electron chi connectivity index (χ0n) is 12.9. The van der Waals surface area contributed by atoms with Crippen molar-refractivity contribution in [2.45, 2.75) is 40.3 Å². The van der Waals surface area contributed by atoms with Gasteiger partial charge in [0.1, 0.15) is 5.76 Å². The average Bonchev–Trinajstić information content (AvgIpc) is 2.75. The van der Waals surface area contributed by atoms with Crippen LogP contribution in [0.25, 0.3) is 0 Å². The van der Waals surface area contributed by atoms with Gasteiger partial charge < -0.3 is 15.2 Å². The summed E-state index contributed by atoms with van der Waals surface area (Å²) in [7, 11) is 0. The van der Waals surface area contributed by atoms with Crippen LogP contribution in [0.15, 0.2) is 28.8 Å². The molecule has 0 spiro atoms. The lowest BCUT2D eigenvalue weighted by molar-refractivity contribution is 0.0943. The first-order chi connectivity index (χ1) is 9.97. The van der Waals surface area contributed by atoms with Crippen molar-refractivity contribution in [3.05, 3.63) is 46.8 Å². The van der Waals surface area contributed by atoms with Gasteiger partial charge in [0, 0.05) is 29.4 Å². The maximum Gasteiger partial charge on any atom is 0.251 e. The van der Waals surface area contributed by atoms with E-state index in [1.807, 2.05) is 52.0 Å². The fourth-order valence-electron chi connectivity index (χ4n) is 2.03. The second-order valence-corrected chi connectivity index (χ2v) is 5.36. The largest absolute Gasteiger partial charge is 0.381 e. The third-order valence-corrected chi connectivity index (χ3v) is 3.22. The Balaban J connectivity index is 1.98. The molecule has 0 saturated heterocycles. The lowest BCUT2D eigenvalue weighted by Crippen LogP contribution is -2.29. The van der Waals surface area contributed by atoms with Crippen LogP contribution in [0.1, 0.15) is 41.2 Å². The lowest BCUT2D eigenvalue weighted by atomic mass is 10.1. The van der Waals surface area contributed by atoms with E-state index in [0.29, 0.717) is 12.1 Å². The van der Waals surface area contributed by atoms with Gasteiger partial charge in [0.05, 0.1) is 5.69 Å². The van der Waals surface area contributed by atoms with Crippen LogP contribution >= 0.6 is 0 Å². The Hall–Kier alpha value is -2.30. The highest BCUT2D eigenvalue weighted by molar-refractivity contribution is 5.94. The number of nitrogens with one attached hydrogen (secondary N) is 2. The molecule has 0 fully saturated rings. The van der Waals surface area contributed by atoms with Crippen LogP contribution in [-0.4, -0.2) is 17.1 Å². The van der Waals surface area contributed by atoms with Crippen molar-refractivity contribution >= 4 is 11.6 Å². The molecule has 0 bridgehead atoms. The predicted octanol–water partition coefficient (Wildman–Crippen LogP) is 3.04. The summed E-state index contributed by atoms with van der Waals surface area (Å²) in [6.45, 7) is 8.36. The molecular formula is C16H21N3O2. The molecule has 0 saturated carbocycles. The summed E-state index contributed by atoms with van der Waals surface area (Å²) in [4.78, 5) is 11.8. The Bertz CT molecular complexity index is 595. The van der Waals surface area contributed by atoms with E-state index in [1.165, 1.54) is 0 Å². The van der Waals surface area contributed by atoms with Crippen LogP contribution in [0.5, 0.6) is 0 Å². The van der Waals surface area contributed by atoms with E-state index in [-0.39, 0.29) is 11.9 Å². The molecule has 112 valence electrons. The van der Waals surface area contributed by atoms with Gasteiger partial charge in [0.2, 0.25) is 0 Å². The van der Waals surface area contributed by atoms with Gasteiger partial charge in [0.25, 0.3) is 5.91 Å². The van der Waals surface area contributed by atoms with Crippen LogP contribution in [0.3, 0.4) is 0 Å². The standard InChI is InChI=1S/C16H21N3O2/c1-10(2)18-16(20)13-5-7-14(8-6-13)17-9-15-11(3)19-21-12(15)4/h5-8,10,17H,9H2,1-4H3,(H,18,20). The van der Waals surface area contributed by atoms with Crippen molar-refractivity contribution in [2.75, 3.05) is 5.32 Å². The van der Waals surface area contributed by atoms with E-state index in [4.69, 9.17) is 4.52 Å². The van der Waals surface area contributed by atoms with Gasteiger partial charge >= 0.3 is 0 Å². The molecule has 2 rings (SSSR count). The highest BCUT2D eigenvalue weighted by atomic mass is 16.5. The minimum Gasteiger partial charge on any atom is -0.381 e. The second kappa shape index (κ2) is 6.43. The molecule has 5 heteroatoms. The van der Waals surface area contributed by atoms with Crippen LogP contribution < -0.4 is 10.6 Å². The summed E-state index contributed by atoms with van der Waals surface area (Å²) >= 11 is 0. The van der Waals surface area contributed by atoms with E-state index in [0.717, 1.165) is 22.7 Å². The van der Waals surface area contributed by atoms with E-state index in [9.17, 15) is 4.79 Å². The zero-order chi connectivity index (χ0) is 15.4. The van der Waals surface area contributed by atoms with Gasteiger partial charge in [-0.2, -0.15) is 0 Å². The summed E-state index contributed by atoms with van der Waals surface area (Å²) in [5.41, 5.74) is 3.58. The normalized spacial score (nSPS) is 10.7. The molecule has 0 aliphatic heterocycles. The van der Waals surface area contributed by atoms with Crippen molar-refractivity contribution < 1.29 is 9.32 Å². The molecule has 5 nitrogen and oxygen atoms in total. The first-order valence-electron chi connectivity index (χ1n) is 7.04. The number of amides is 1. The smallest absolute Gasteiger partial charge is 0.251 e. The predicted molar refractivity (Wildman–Crippen MR) is 82.3 cm³/mol. The fraction of sp³-hybridized carbons (Fsp3) is 0.375. The topological polar surface area (TPSA) is 67.2 Å². The van der Waals surface area contributed by atoms with E-state index in [1.54, 1.807) is 0 Å².